The first-order valence-corrected chi connectivity index (χ1v) is 8.84. The molecule has 0 spiro atoms. The second kappa shape index (κ2) is 8.53. The van der Waals surface area contributed by atoms with Crippen LogP contribution in [0.15, 0.2) is 17.2 Å². The van der Waals surface area contributed by atoms with Crippen molar-refractivity contribution in [2.24, 2.45) is 0 Å². The van der Waals surface area contributed by atoms with Crippen molar-refractivity contribution >= 4 is 10.0 Å². The quantitative estimate of drug-likeness (QED) is 0.639. The molecule has 1 aromatic rings. The smallest absolute Gasteiger partial charge is 0.242 e. The highest BCUT2D eigenvalue weighted by atomic mass is 32.2. The number of aromatic nitrogens is 1. The van der Waals surface area contributed by atoms with Gasteiger partial charge >= 0.3 is 0 Å². The molecule has 0 bridgehead atoms. The van der Waals surface area contributed by atoms with E-state index in [2.05, 4.69) is 17.0 Å². The minimum atomic E-state index is -3.48. The van der Waals surface area contributed by atoms with Gasteiger partial charge in [-0.2, -0.15) is 0 Å². The van der Waals surface area contributed by atoms with E-state index in [4.69, 9.17) is 4.74 Å². The van der Waals surface area contributed by atoms with E-state index in [9.17, 15) is 8.42 Å². The Morgan fingerprint density at radius 1 is 1.38 bits per heavy atom. The molecular weight excluding hydrogens is 290 g/mol. The Balaban J connectivity index is 2.75. The molecule has 6 nitrogen and oxygen atoms in total. The molecule has 1 rings (SSSR count). The van der Waals surface area contributed by atoms with E-state index in [1.54, 1.807) is 12.3 Å². The van der Waals surface area contributed by atoms with Crippen molar-refractivity contribution in [3.05, 3.63) is 18.0 Å². The van der Waals surface area contributed by atoms with E-state index < -0.39 is 10.0 Å². The standard InChI is InChI=1S/C14H27N3O3S/c1-5-7-17-11-14(9-13(17)10-15-4)21(18,19)16-6-8-20-12(2)3/h9,11-12,15-16H,5-8,10H2,1-4H3. The minimum absolute atomic E-state index is 0.0994. The number of ether oxygens (including phenoxy) is 1. The largest absolute Gasteiger partial charge is 0.377 e. The van der Waals surface area contributed by atoms with E-state index >= 15 is 0 Å². The summed E-state index contributed by atoms with van der Waals surface area (Å²) in [6.45, 7) is 8.01. The Bertz CT molecular complexity index is 500. The average Bonchev–Trinajstić information content (AvgIpc) is 2.80. The van der Waals surface area contributed by atoms with Gasteiger partial charge in [-0.05, 0) is 33.4 Å². The van der Waals surface area contributed by atoms with Crippen LogP contribution >= 0.6 is 0 Å². The molecule has 122 valence electrons. The number of nitrogens with zero attached hydrogens (tertiary/aromatic N) is 1. The number of aryl methyl sites for hydroxylation is 1. The molecule has 0 aliphatic carbocycles. The maximum atomic E-state index is 12.3. The van der Waals surface area contributed by atoms with Crippen LogP contribution in [0, 0.1) is 0 Å². The molecule has 0 aromatic carbocycles. The third-order valence-corrected chi connectivity index (χ3v) is 4.37. The molecule has 1 heterocycles. The summed E-state index contributed by atoms with van der Waals surface area (Å²) in [6, 6.07) is 1.72. The van der Waals surface area contributed by atoms with Crippen molar-refractivity contribution in [3.63, 3.8) is 0 Å². The van der Waals surface area contributed by atoms with Crippen LogP contribution in [0.5, 0.6) is 0 Å². The van der Waals surface area contributed by atoms with E-state index in [-0.39, 0.29) is 12.6 Å². The predicted octanol–water partition coefficient (Wildman–Crippen LogP) is 1.32. The van der Waals surface area contributed by atoms with Crippen LogP contribution in [-0.4, -0.2) is 39.3 Å². The lowest BCUT2D eigenvalue weighted by Gasteiger charge is -2.08. The molecule has 0 saturated carbocycles. The van der Waals surface area contributed by atoms with Crippen molar-refractivity contribution in [1.29, 1.82) is 0 Å². The van der Waals surface area contributed by atoms with Crippen molar-refractivity contribution in [1.82, 2.24) is 14.6 Å². The number of nitrogens with one attached hydrogen (secondary N) is 2. The third-order valence-electron chi connectivity index (χ3n) is 2.94. The van der Waals surface area contributed by atoms with Crippen LogP contribution < -0.4 is 10.0 Å². The maximum absolute atomic E-state index is 12.3. The number of hydrogen-bond acceptors (Lipinski definition) is 4. The van der Waals surface area contributed by atoms with Gasteiger partial charge in [0, 0.05) is 31.5 Å². The van der Waals surface area contributed by atoms with Crippen LogP contribution in [0.1, 0.15) is 32.9 Å². The molecule has 21 heavy (non-hydrogen) atoms. The van der Waals surface area contributed by atoms with Gasteiger partial charge in [-0.3, -0.25) is 0 Å². The molecule has 7 heteroatoms. The van der Waals surface area contributed by atoms with Crippen molar-refractivity contribution in [2.75, 3.05) is 20.2 Å². The predicted molar refractivity (Wildman–Crippen MR) is 83.8 cm³/mol. The number of sulfonamides is 1. The van der Waals surface area contributed by atoms with Crippen LogP contribution in [0.4, 0.5) is 0 Å². The molecule has 0 fully saturated rings. The first-order chi connectivity index (χ1) is 9.90. The lowest BCUT2D eigenvalue weighted by molar-refractivity contribution is 0.0834. The van der Waals surface area contributed by atoms with Gasteiger partial charge in [0.2, 0.25) is 10.0 Å². The van der Waals surface area contributed by atoms with Gasteiger partial charge in [-0.1, -0.05) is 6.92 Å². The van der Waals surface area contributed by atoms with Crippen LogP contribution in [0.2, 0.25) is 0 Å². The Kier molecular flexibility index (Phi) is 7.37. The van der Waals surface area contributed by atoms with Crippen molar-refractivity contribution in [2.45, 2.75) is 51.3 Å². The van der Waals surface area contributed by atoms with Crippen molar-refractivity contribution in [3.8, 4) is 0 Å². The summed E-state index contributed by atoms with van der Waals surface area (Å²) in [5.74, 6) is 0. The van der Waals surface area contributed by atoms with E-state index in [0.29, 0.717) is 18.0 Å². The molecule has 1 aromatic heterocycles. The number of hydrogen-bond donors (Lipinski definition) is 2. The summed E-state index contributed by atoms with van der Waals surface area (Å²) < 4.78 is 34.4. The highest BCUT2D eigenvalue weighted by Gasteiger charge is 2.17. The van der Waals surface area contributed by atoms with Gasteiger partial charge in [-0.15, -0.1) is 0 Å². The summed E-state index contributed by atoms with van der Waals surface area (Å²) >= 11 is 0. The van der Waals surface area contributed by atoms with E-state index in [0.717, 1.165) is 18.7 Å². The summed E-state index contributed by atoms with van der Waals surface area (Å²) in [5, 5.41) is 3.06. The zero-order valence-electron chi connectivity index (χ0n) is 13.3. The third kappa shape index (κ3) is 5.78. The first-order valence-electron chi connectivity index (χ1n) is 7.35. The summed E-state index contributed by atoms with van der Waals surface area (Å²) in [6.07, 6.45) is 2.75. The van der Waals surface area contributed by atoms with Gasteiger partial charge in [-0.25, -0.2) is 13.1 Å². The SMILES string of the molecule is CCCn1cc(S(=O)(=O)NCCOC(C)C)cc1CNC. The fourth-order valence-corrected chi connectivity index (χ4v) is 3.08. The average molecular weight is 317 g/mol. The summed E-state index contributed by atoms with van der Waals surface area (Å²) in [5.41, 5.74) is 0.971. The second-order valence-corrected chi connectivity index (χ2v) is 6.98. The highest BCUT2D eigenvalue weighted by molar-refractivity contribution is 7.89. The molecular formula is C14H27N3O3S. The molecule has 2 N–H and O–H groups in total. The monoisotopic (exact) mass is 317 g/mol. The van der Waals surface area contributed by atoms with Crippen LogP contribution in [0.25, 0.3) is 0 Å². The Morgan fingerprint density at radius 2 is 2.10 bits per heavy atom. The lowest BCUT2D eigenvalue weighted by atomic mass is 10.4. The van der Waals surface area contributed by atoms with Gasteiger partial charge in [0.25, 0.3) is 0 Å². The molecule has 0 unspecified atom stereocenters. The summed E-state index contributed by atoms with van der Waals surface area (Å²) in [7, 11) is -1.63. The number of rotatable bonds is 10. The maximum Gasteiger partial charge on any atom is 0.242 e. The van der Waals surface area contributed by atoms with E-state index in [1.807, 2.05) is 25.5 Å². The van der Waals surface area contributed by atoms with Crippen LogP contribution in [-0.2, 0) is 27.8 Å². The second-order valence-electron chi connectivity index (χ2n) is 5.21. The molecule has 0 amide bonds. The Labute approximate surface area is 127 Å². The topological polar surface area (TPSA) is 72.4 Å². The van der Waals surface area contributed by atoms with E-state index in [1.165, 1.54) is 0 Å². The fourth-order valence-electron chi connectivity index (χ4n) is 2.00. The molecule has 0 atom stereocenters. The normalized spacial score (nSPS) is 12.2. The Hall–Kier alpha value is -0.890. The van der Waals surface area contributed by atoms with Gasteiger partial charge < -0.3 is 14.6 Å². The van der Waals surface area contributed by atoms with Gasteiger partial charge in [0.1, 0.15) is 0 Å². The minimum Gasteiger partial charge on any atom is -0.377 e. The molecule has 0 saturated heterocycles. The zero-order chi connectivity index (χ0) is 15.9. The zero-order valence-corrected chi connectivity index (χ0v) is 14.2. The fraction of sp³-hybridized carbons (Fsp3) is 0.714. The summed E-state index contributed by atoms with van der Waals surface area (Å²) in [4.78, 5) is 0.311. The van der Waals surface area contributed by atoms with Crippen LogP contribution in [0.3, 0.4) is 0 Å². The lowest BCUT2D eigenvalue weighted by Crippen LogP contribution is -2.28. The van der Waals surface area contributed by atoms with Gasteiger partial charge in [0.15, 0.2) is 0 Å². The Morgan fingerprint density at radius 3 is 2.67 bits per heavy atom. The van der Waals surface area contributed by atoms with Crippen molar-refractivity contribution < 1.29 is 13.2 Å². The highest BCUT2D eigenvalue weighted by Crippen LogP contribution is 2.15. The molecule has 0 aliphatic rings. The van der Waals surface area contributed by atoms with Gasteiger partial charge in [0.05, 0.1) is 17.6 Å². The molecule has 0 radical (unpaired) electrons. The first kappa shape index (κ1) is 18.2. The molecule has 0 aliphatic heterocycles.